The SMILES string of the molecule is C=C(C)C(=O)OCCOCCNC(=O)C(Cl)(Cl)Cl. The Bertz CT molecular complexity index is 315. The van der Waals surface area contributed by atoms with Crippen molar-refractivity contribution >= 4 is 46.7 Å². The molecule has 1 N–H and O–H groups in total. The molecule has 0 saturated carbocycles. The predicted octanol–water partition coefficient (Wildman–Crippen LogP) is 1.61. The van der Waals surface area contributed by atoms with Crippen molar-refractivity contribution in [1.82, 2.24) is 5.32 Å². The largest absolute Gasteiger partial charge is 0.460 e. The van der Waals surface area contributed by atoms with Crippen molar-refractivity contribution in [3.8, 4) is 0 Å². The van der Waals surface area contributed by atoms with Crippen LogP contribution in [-0.2, 0) is 19.1 Å². The molecule has 0 bridgehead atoms. The Kier molecular flexibility index (Phi) is 8.35. The molecule has 18 heavy (non-hydrogen) atoms. The Morgan fingerprint density at radius 2 is 1.83 bits per heavy atom. The zero-order chi connectivity index (χ0) is 14.2. The number of hydrogen-bond acceptors (Lipinski definition) is 4. The minimum Gasteiger partial charge on any atom is -0.460 e. The van der Waals surface area contributed by atoms with Crippen LogP contribution in [0.3, 0.4) is 0 Å². The van der Waals surface area contributed by atoms with Crippen LogP contribution in [0.2, 0.25) is 0 Å². The van der Waals surface area contributed by atoms with E-state index in [2.05, 4.69) is 11.9 Å². The van der Waals surface area contributed by atoms with Crippen molar-refractivity contribution < 1.29 is 19.1 Å². The number of carbonyl (C=O) groups excluding carboxylic acids is 2. The summed E-state index contributed by atoms with van der Waals surface area (Å²) in [6.07, 6.45) is 0. The average molecular weight is 319 g/mol. The number of rotatable bonds is 7. The number of halogens is 3. The monoisotopic (exact) mass is 317 g/mol. The molecular formula is C10H14Cl3NO4. The van der Waals surface area contributed by atoms with Gasteiger partial charge in [-0.15, -0.1) is 0 Å². The highest BCUT2D eigenvalue weighted by atomic mass is 35.6. The molecule has 0 aliphatic heterocycles. The number of nitrogens with one attached hydrogen (secondary N) is 1. The number of alkyl halides is 3. The molecule has 0 rings (SSSR count). The van der Waals surface area contributed by atoms with E-state index in [-0.39, 0.29) is 26.4 Å². The smallest absolute Gasteiger partial charge is 0.333 e. The van der Waals surface area contributed by atoms with Crippen LogP contribution in [0.15, 0.2) is 12.2 Å². The molecule has 5 nitrogen and oxygen atoms in total. The first-order valence-electron chi connectivity index (χ1n) is 5.00. The summed E-state index contributed by atoms with van der Waals surface area (Å²) in [6.45, 7) is 5.72. The maximum atomic E-state index is 11.1. The van der Waals surface area contributed by atoms with Crippen LogP contribution in [0.4, 0.5) is 0 Å². The lowest BCUT2D eigenvalue weighted by Crippen LogP contribution is -2.36. The third kappa shape index (κ3) is 8.58. The number of carbonyl (C=O) groups is 2. The fourth-order valence-electron chi connectivity index (χ4n) is 0.756. The standard InChI is InChI=1S/C10H14Cl3NO4/c1-7(2)8(15)18-6-5-17-4-3-14-9(16)10(11,12)13/h1,3-6H2,2H3,(H,14,16). The molecule has 0 fully saturated rings. The van der Waals surface area contributed by atoms with Gasteiger partial charge in [-0.25, -0.2) is 4.79 Å². The van der Waals surface area contributed by atoms with E-state index >= 15 is 0 Å². The Hall–Kier alpha value is -0.490. The molecule has 0 spiro atoms. The molecule has 104 valence electrons. The van der Waals surface area contributed by atoms with Gasteiger partial charge in [-0.05, 0) is 6.92 Å². The van der Waals surface area contributed by atoms with Crippen molar-refractivity contribution in [2.24, 2.45) is 0 Å². The van der Waals surface area contributed by atoms with Gasteiger partial charge in [-0.2, -0.15) is 0 Å². The van der Waals surface area contributed by atoms with E-state index in [1.165, 1.54) is 0 Å². The molecule has 0 unspecified atom stereocenters. The summed E-state index contributed by atoms with van der Waals surface area (Å²) in [6, 6.07) is 0. The molecule has 0 saturated heterocycles. The van der Waals surface area contributed by atoms with Crippen LogP contribution in [0.1, 0.15) is 6.92 Å². The Morgan fingerprint density at radius 3 is 2.33 bits per heavy atom. The van der Waals surface area contributed by atoms with Crippen molar-refractivity contribution in [3.05, 3.63) is 12.2 Å². The van der Waals surface area contributed by atoms with Gasteiger partial charge in [0.15, 0.2) is 0 Å². The zero-order valence-corrected chi connectivity index (χ0v) is 12.1. The molecule has 8 heteroatoms. The average Bonchev–Trinajstić information content (AvgIpc) is 2.25. The number of amides is 1. The predicted molar refractivity (Wildman–Crippen MR) is 69.9 cm³/mol. The second-order valence-electron chi connectivity index (χ2n) is 3.28. The van der Waals surface area contributed by atoms with E-state index in [9.17, 15) is 9.59 Å². The summed E-state index contributed by atoms with van der Waals surface area (Å²) in [5.74, 6) is -1.19. The summed E-state index contributed by atoms with van der Waals surface area (Å²) in [5.41, 5.74) is 0.324. The molecular weight excluding hydrogens is 304 g/mol. The minimum atomic E-state index is -1.98. The van der Waals surface area contributed by atoms with Crippen LogP contribution in [0.5, 0.6) is 0 Å². The van der Waals surface area contributed by atoms with Crippen LogP contribution in [0, 0.1) is 0 Å². The molecule has 0 radical (unpaired) electrons. The lowest BCUT2D eigenvalue weighted by atomic mass is 10.4. The fraction of sp³-hybridized carbons (Fsp3) is 0.600. The summed E-state index contributed by atoms with van der Waals surface area (Å²) in [7, 11) is 0. The first-order chi connectivity index (χ1) is 8.25. The molecule has 0 aromatic carbocycles. The molecule has 0 aliphatic rings. The number of ether oxygens (including phenoxy) is 2. The topological polar surface area (TPSA) is 64.6 Å². The Morgan fingerprint density at radius 1 is 1.22 bits per heavy atom. The van der Waals surface area contributed by atoms with Gasteiger partial charge in [0.2, 0.25) is 0 Å². The molecule has 1 amide bonds. The highest BCUT2D eigenvalue weighted by molar-refractivity contribution is 6.76. The van der Waals surface area contributed by atoms with Crippen LogP contribution in [-0.4, -0.2) is 42.0 Å². The van der Waals surface area contributed by atoms with Gasteiger partial charge in [-0.3, -0.25) is 4.79 Å². The van der Waals surface area contributed by atoms with Crippen molar-refractivity contribution in [2.45, 2.75) is 10.7 Å². The quantitative estimate of drug-likeness (QED) is 0.335. The lowest BCUT2D eigenvalue weighted by molar-refractivity contribution is -0.140. The first kappa shape index (κ1) is 17.5. The van der Waals surface area contributed by atoms with Crippen molar-refractivity contribution in [1.29, 1.82) is 0 Å². The third-order valence-electron chi connectivity index (χ3n) is 1.60. The normalized spacial score (nSPS) is 10.9. The van der Waals surface area contributed by atoms with Gasteiger partial charge in [0.25, 0.3) is 9.70 Å². The van der Waals surface area contributed by atoms with E-state index in [0.29, 0.717) is 5.57 Å². The third-order valence-corrected chi connectivity index (χ3v) is 2.11. The first-order valence-corrected chi connectivity index (χ1v) is 6.14. The second-order valence-corrected chi connectivity index (χ2v) is 5.56. The van der Waals surface area contributed by atoms with Crippen molar-refractivity contribution in [2.75, 3.05) is 26.4 Å². The summed E-state index contributed by atoms with van der Waals surface area (Å²) < 4.78 is 7.87. The number of hydrogen-bond donors (Lipinski definition) is 1. The van der Waals surface area contributed by atoms with Crippen LogP contribution < -0.4 is 5.32 Å². The molecule has 0 atom stereocenters. The van der Waals surface area contributed by atoms with Crippen LogP contribution in [0.25, 0.3) is 0 Å². The minimum absolute atomic E-state index is 0.115. The van der Waals surface area contributed by atoms with Gasteiger partial charge in [0, 0.05) is 12.1 Å². The maximum Gasteiger partial charge on any atom is 0.333 e. The molecule has 0 aromatic heterocycles. The van der Waals surface area contributed by atoms with E-state index in [1.807, 2.05) is 0 Å². The number of esters is 1. The summed E-state index contributed by atoms with van der Waals surface area (Å²) >= 11 is 16.0. The molecule has 0 aliphatic carbocycles. The Labute approximate surface area is 120 Å². The van der Waals surface area contributed by atoms with Crippen LogP contribution >= 0.6 is 34.8 Å². The zero-order valence-electron chi connectivity index (χ0n) is 9.80. The highest BCUT2D eigenvalue weighted by Crippen LogP contribution is 2.25. The van der Waals surface area contributed by atoms with E-state index in [4.69, 9.17) is 44.3 Å². The maximum absolute atomic E-state index is 11.1. The van der Waals surface area contributed by atoms with Gasteiger partial charge in [-0.1, -0.05) is 41.4 Å². The summed E-state index contributed by atoms with van der Waals surface area (Å²) in [4.78, 5) is 22.0. The van der Waals surface area contributed by atoms with Gasteiger partial charge >= 0.3 is 5.97 Å². The highest BCUT2D eigenvalue weighted by Gasteiger charge is 2.29. The van der Waals surface area contributed by atoms with E-state index in [0.717, 1.165) is 0 Å². The van der Waals surface area contributed by atoms with Gasteiger partial charge < -0.3 is 14.8 Å². The van der Waals surface area contributed by atoms with Crippen molar-refractivity contribution in [3.63, 3.8) is 0 Å². The van der Waals surface area contributed by atoms with Gasteiger partial charge in [0.05, 0.1) is 13.2 Å². The van der Waals surface area contributed by atoms with Gasteiger partial charge in [0.1, 0.15) is 6.61 Å². The fourth-order valence-corrected chi connectivity index (χ4v) is 0.956. The van der Waals surface area contributed by atoms with E-state index in [1.54, 1.807) is 6.92 Å². The summed E-state index contributed by atoms with van der Waals surface area (Å²) in [5, 5.41) is 2.36. The molecule has 0 aromatic rings. The Balaban J connectivity index is 3.45. The lowest BCUT2D eigenvalue weighted by Gasteiger charge is -2.11. The molecule has 0 heterocycles. The second kappa shape index (κ2) is 8.58. The van der Waals surface area contributed by atoms with E-state index < -0.39 is 15.7 Å².